The Morgan fingerprint density at radius 2 is 1.43 bits per heavy atom. The highest BCUT2D eigenvalue weighted by Gasteiger charge is 2.15. The predicted octanol–water partition coefficient (Wildman–Crippen LogP) is 3.44. The van der Waals surface area contributed by atoms with Gasteiger partial charge in [0.15, 0.2) is 5.78 Å². The molecule has 7 heteroatoms. The van der Waals surface area contributed by atoms with Crippen LogP contribution in [0.5, 0.6) is 11.5 Å². The van der Waals surface area contributed by atoms with Crippen molar-refractivity contribution in [3.05, 3.63) is 58.7 Å². The van der Waals surface area contributed by atoms with Crippen LogP contribution in [0.3, 0.4) is 0 Å². The molecular weight excluding hydrogens is 364 g/mol. The van der Waals surface area contributed by atoms with Crippen LogP contribution in [0.15, 0.2) is 36.4 Å². The zero-order valence-electron chi connectivity index (χ0n) is 16.2. The second-order valence-corrected chi connectivity index (χ2v) is 5.83. The van der Waals surface area contributed by atoms with Gasteiger partial charge in [-0.25, -0.2) is 9.59 Å². The Morgan fingerprint density at radius 1 is 0.821 bits per heavy atom. The van der Waals surface area contributed by atoms with E-state index >= 15 is 0 Å². The number of methoxy groups -OCH3 is 2. The average Bonchev–Trinajstić information content (AvgIpc) is 2.71. The second kappa shape index (κ2) is 9.55. The van der Waals surface area contributed by atoms with E-state index in [0.717, 1.165) is 0 Å². The van der Waals surface area contributed by atoms with Crippen LogP contribution < -0.4 is 9.47 Å². The first kappa shape index (κ1) is 21.0. The lowest BCUT2D eigenvalue weighted by Crippen LogP contribution is -2.08. The smallest absolute Gasteiger partial charge is 0.338 e. The molecule has 0 atom stereocenters. The van der Waals surface area contributed by atoms with Crippen molar-refractivity contribution in [1.82, 2.24) is 0 Å². The Morgan fingerprint density at radius 3 is 1.93 bits per heavy atom. The van der Waals surface area contributed by atoms with E-state index in [4.69, 9.17) is 18.9 Å². The van der Waals surface area contributed by atoms with Gasteiger partial charge in [0.1, 0.15) is 18.1 Å². The van der Waals surface area contributed by atoms with Crippen LogP contribution in [0.2, 0.25) is 0 Å². The van der Waals surface area contributed by atoms with Crippen molar-refractivity contribution in [2.45, 2.75) is 20.5 Å². The first-order chi connectivity index (χ1) is 13.4. The standard InChI is InChI=1S/C21H22O7/c1-5-27-19-7-6-14(13(2)22)8-17(19)12-28-18-10-15(20(23)25-3)9-16(11-18)21(24)26-4/h6-11H,5,12H2,1-4H3. The lowest BCUT2D eigenvalue weighted by atomic mass is 10.1. The van der Waals surface area contributed by atoms with Crippen LogP contribution in [0, 0.1) is 0 Å². The van der Waals surface area contributed by atoms with Gasteiger partial charge in [0.25, 0.3) is 0 Å². The maximum Gasteiger partial charge on any atom is 0.338 e. The Balaban J connectivity index is 2.35. The molecule has 0 fully saturated rings. The molecule has 0 N–H and O–H groups in total. The van der Waals surface area contributed by atoms with Gasteiger partial charge >= 0.3 is 11.9 Å². The van der Waals surface area contributed by atoms with Crippen LogP contribution in [0.25, 0.3) is 0 Å². The number of hydrogen-bond acceptors (Lipinski definition) is 7. The normalized spacial score (nSPS) is 10.1. The van der Waals surface area contributed by atoms with Gasteiger partial charge in [0, 0.05) is 11.1 Å². The summed E-state index contributed by atoms with van der Waals surface area (Å²) in [5.41, 5.74) is 1.50. The third-order valence-electron chi connectivity index (χ3n) is 3.91. The summed E-state index contributed by atoms with van der Waals surface area (Å²) in [6.45, 7) is 3.85. The highest BCUT2D eigenvalue weighted by atomic mass is 16.5. The Bertz CT molecular complexity index is 852. The molecule has 2 aromatic carbocycles. The van der Waals surface area contributed by atoms with Gasteiger partial charge < -0.3 is 18.9 Å². The van der Waals surface area contributed by atoms with Gasteiger partial charge in [0.05, 0.1) is 32.0 Å². The molecule has 0 unspecified atom stereocenters. The number of Topliss-reactive ketones (excluding diaryl/α,β-unsaturated/α-hetero) is 1. The number of benzene rings is 2. The quantitative estimate of drug-likeness (QED) is 0.507. The summed E-state index contributed by atoms with van der Waals surface area (Å²) < 4.78 is 20.8. The topological polar surface area (TPSA) is 88.1 Å². The monoisotopic (exact) mass is 386 g/mol. The summed E-state index contributed by atoms with van der Waals surface area (Å²) in [6, 6.07) is 9.39. The second-order valence-electron chi connectivity index (χ2n) is 5.83. The Kier molecular flexibility index (Phi) is 7.14. The third kappa shape index (κ3) is 5.09. The van der Waals surface area contributed by atoms with E-state index in [0.29, 0.717) is 23.5 Å². The Hall–Kier alpha value is -3.35. The first-order valence-corrected chi connectivity index (χ1v) is 8.60. The molecular formula is C21H22O7. The maximum atomic E-state index is 11.9. The predicted molar refractivity (Wildman–Crippen MR) is 101 cm³/mol. The number of carbonyl (C=O) groups is 3. The zero-order chi connectivity index (χ0) is 20.7. The van der Waals surface area contributed by atoms with Crippen molar-refractivity contribution in [2.24, 2.45) is 0 Å². The number of rotatable bonds is 8. The van der Waals surface area contributed by atoms with E-state index in [-0.39, 0.29) is 29.3 Å². The number of hydrogen-bond donors (Lipinski definition) is 0. The molecule has 0 saturated heterocycles. The molecule has 0 aliphatic heterocycles. The summed E-state index contributed by atoms with van der Waals surface area (Å²) in [7, 11) is 2.49. The summed E-state index contributed by atoms with van der Waals surface area (Å²) in [6.07, 6.45) is 0. The van der Waals surface area contributed by atoms with Gasteiger partial charge in [-0.1, -0.05) is 0 Å². The summed E-state index contributed by atoms with van der Waals surface area (Å²) in [5, 5.41) is 0. The van der Waals surface area contributed by atoms with E-state index in [1.54, 1.807) is 18.2 Å². The van der Waals surface area contributed by atoms with Gasteiger partial charge in [0.2, 0.25) is 0 Å². The number of carbonyl (C=O) groups excluding carboxylic acids is 3. The van der Waals surface area contributed by atoms with E-state index in [2.05, 4.69) is 0 Å². The van der Waals surface area contributed by atoms with Crippen LogP contribution in [0.1, 0.15) is 50.5 Å². The van der Waals surface area contributed by atoms with Crippen LogP contribution in [-0.2, 0) is 16.1 Å². The fraction of sp³-hybridized carbons (Fsp3) is 0.286. The van der Waals surface area contributed by atoms with Crippen LogP contribution in [0.4, 0.5) is 0 Å². The lowest BCUT2D eigenvalue weighted by Gasteiger charge is -2.14. The van der Waals surface area contributed by atoms with Gasteiger partial charge in [-0.05, 0) is 50.2 Å². The third-order valence-corrected chi connectivity index (χ3v) is 3.91. The molecule has 0 saturated carbocycles. The minimum Gasteiger partial charge on any atom is -0.493 e. The number of esters is 2. The molecule has 7 nitrogen and oxygen atoms in total. The van der Waals surface area contributed by atoms with Crippen molar-refractivity contribution in [2.75, 3.05) is 20.8 Å². The SMILES string of the molecule is CCOc1ccc(C(C)=O)cc1COc1cc(C(=O)OC)cc(C(=O)OC)c1. The maximum absolute atomic E-state index is 11.9. The van der Waals surface area contributed by atoms with Crippen molar-refractivity contribution in [3.8, 4) is 11.5 Å². The van der Waals surface area contributed by atoms with Gasteiger partial charge in [-0.3, -0.25) is 4.79 Å². The number of ether oxygens (including phenoxy) is 4. The van der Waals surface area contributed by atoms with Crippen molar-refractivity contribution < 1.29 is 33.3 Å². The average molecular weight is 386 g/mol. The number of ketones is 1. The molecule has 0 aromatic heterocycles. The van der Waals surface area contributed by atoms with E-state index in [1.165, 1.54) is 39.3 Å². The largest absolute Gasteiger partial charge is 0.493 e. The van der Waals surface area contributed by atoms with Gasteiger partial charge in [-0.2, -0.15) is 0 Å². The lowest BCUT2D eigenvalue weighted by molar-refractivity contribution is 0.0597. The van der Waals surface area contributed by atoms with E-state index < -0.39 is 11.9 Å². The highest BCUT2D eigenvalue weighted by molar-refractivity contribution is 5.96. The van der Waals surface area contributed by atoms with Crippen LogP contribution >= 0.6 is 0 Å². The summed E-state index contributed by atoms with van der Waals surface area (Å²) >= 11 is 0. The highest BCUT2D eigenvalue weighted by Crippen LogP contribution is 2.25. The van der Waals surface area contributed by atoms with E-state index in [9.17, 15) is 14.4 Å². The molecule has 0 radical (unpaired) electrons. The summed E-state index contributed by atoms with van der Waals surface area (Å²) in [5.74, 6) is -0.429. The molecule has 2 aromatic rings. The van der Waals surface area contributed by atoms with Crippen LogP contribution in [-0.4, -0.2) is 38.5 Å². The molecule has 0 amide bonds. The first-order valence-electron chi connectivity index (χ1n) is 8.60. The molecule has 0 aliphatic rings. The van der Waals surface area contributed by atoms with Crippen molar-refractivity contribution >= 4 is 17.7 Å². The molecule has 0 aliphatic carbocycles. The summed E-state index contributed by atoms with van der Waals surface area (Å²) in [4.78, 5) is 35.4. The zero-order valence-corrected chi connectivity index (χ0v) is 16.2. The van der Waals surface area contributed by atoms with Crippen molar-refractivity contribution in [3.63, 3.8) is 0 Å². The molecule has 2 rings (SSSR count). The molecule has 0 spiro atoms. The van der Waals surface area contributed by atoms with E-state index in [1.807, 2.05) is 6.92 Å². The molecule has 0 bridgehead atoms. The molecule has 0 heterocycles. The minimum absolute atomic E-state index is 0.0711. The fourth-order valence-electron chi connectivity index (χ4n) is 2.52. The minimum atomic E-state index is -0.607. The van der Waals surface area contributed by atoms with Crippen molar-refractivity contribution in [1.29, 1.82) is 0 Å². The Labute approximate surface area is 163 Å². The molecule has 148 valence electrons. The van der Waals surface area contributed by atoms with Gasteiger partial charge in [-0.15, -0.1) is 0 Å². The fourth-order valence-corrected chi connectivity index (χ4v) is 2.52. The molecule has 28 heavy (non-hydrogen) atoms.